The quantitative estimate of drug-likeness (QED) is 0.410. The third kappa shape index (κ3) is 8.59. The summed E-state index contributed by atoms with van der Waals surface area (Å²) in [5.74, 6) is 0.964. The third-order valence-corrected chi connectivity index (χ3v) is 2.63. The van der Waals surface area contributed by atoms with Crippen molar-refractivity contribution in [3.05, 3.63) is 0 Å². The molecule has 7 heteroatoms. The van der Waals surface area contributed by atoms with Crippen LogP contribution in [-0.4, -0.2) is 41.7 Å². The molecule has 0 aromatic rings. The number of amides is 1. The molecule has 3 N–H and O–H groups in total. The first-order valence-corrected chi connectivity index (χ1v) is 6.77. The summed E-state index contributed by atoms with van der Waals surface area (Å²) in [6, 6.07) is -0.486. The van der Waals surface area contributed by atoms with E-state index in [2.05, 4.69) is 5.32 Å². The maximum atomic E-state index is 11.0. The van der Waals surface area contributed by atoms with Crippen LogP contribution in [0.1, 0.15) is 6.92 Å². The molecule has 0 rings (SSSR count). The fraction of sp³-hybridized carbons (Fsp3) is 0.750. The molecule has 0 saturated carbocycles. The number of rotatable bonds is 6. The van der Waals surface area contributed by atoms with E-state index in [1.54, 1.807) is 13.2 Å². The van der Waals surface area contributed by atoms with Crippen molar-refractivity contribution in [2.45, 2.75) is 13.0 Å². The monoisotopic (exact) mass is 252 g/mol. The number of thioether (sulfide) groups is 2. The van der Waals surface area contributed by atoms with Crippen LogP contribution in [-0.2, 0) is 9.53 Å². The molecule has 0 aliphatic heterocycles. The van der Waals surface area contributed by atoms with Crippen LogP contribution in [0.5, 0.6) is 0 Å². The Bertz CT molecular complexity index is 212. The van der Waals surface area contributed by atoms with Gasteiger partial charge in [0.05, 0.1) is 11.9 Å². The normalized spacial score (nSPS) is 11.9. The summed E-state index contributed by atoms with van der Waals surface area (Å²) in [6.45, 7) is 1.98. The maximum absolute atomic E-state index is 11.0. The lowest BCUT2D eigenvalue weighted by Crippen LogP contribution is -2.38. The minimum atomic E-state index is -0.486. The Kier molecular flexibility index (Phi) is 8.64. The average molecular weight is 252 g/mol. The molecular formula is C8H16N2O3S2. The summed E-state index contributed by atoms with van der Waals surface area (Å²) in [6.07, 6.45) is 1.67. The van der Waals surface area contributed by atoms with Gasteiger partial charge in [-0.15, -0.1) is 11.8 Å². The summed E-state index contributed by atoms with van der Waals surface area (Å²) in [5.41, 5.74) is 5.34. The Labute approximate surface area is 97.9 Å². The minimum Gasteiger partial charge on any atom is -0.457 e. The molecule has 88 valence electrons. The second kappa shape index (κ2) is 8.87. The molecule has 0 bridgehead atoms. The molecule has 0 aromatic carbocycles. The molecule has 0 fully saturated rings. The highest BCUT2D eigenvalue weighted by Gasteiger charge is 2.05. The zero-order chi connectivity index (χ0) is 11.7. The van der Waals surface area contributed by atoms with Crippen molar-refractivity contribution in [3.63, 3.8) is 0 Å². The SMILES string of the molecule is CSC(=O)OCCSCNC(=O)[C@H](C)N. The number of hydrogen-bond donors (Lipinski definition) is 2. The number of carbonyl (C=O) groups excluding carboxylic acids is 2. The maximum Gasteiger partial charge on any atom is 0.367 e. The largest absolute Gasteiger partial charge is 0.457 e. The molecule has 0 heterocycles. The van der Waals surface area contributed by atoms with Gasteiger partial charge in [-0.05, 0) is 24.9 Å². The highest BCUT2D eigenvalue weighted by Crippen LogP contribution is 2.01. The van der Waals surface area contributed by atoms with Gasteiger partial charge in [-0.25, -0.2) is 4.79 Å². The Morgan fingerprint density at radius 1 is 1.53 bits per heavy atom. The van der Waals surface area contributed by atoms with Gasteiger partial charge in [0, 0.05) is 5.75 Å². The summed E-state index contributed by atoms with van der Waals surface area (Å²) in [5, 5.41) is 2.36. The zero-order valence-corrected chi connectivity index (χ0v) is 10.5. The molecule has 0 aliphatic carbocycles. The highest BCUT2D eigenvalue weighted by atomic mass is 32.2. The summed E-state index contributed by atoms with van der Waals surface area (Å²) in [4.78, 5) is 21.7. The van der Waals surface area contributed by atoms with Crippen LogP contribution in [0.3, 0.4) is 0 Å². The second-order valence-corrected chi connectivity index (χ2v) is 4.53. The van der Waals surface area contributed by atoms with Gasteiger partial charge in [-0.1, -0.05) is 0 Å². The number of nitrogens with one attached hydrogen (secondary N) is 1. The third-order valence-electron chi connectivity index (χ3n) is 1.38. The van der Waals surface area contributed by atoms with Gasteiger partial charge in [0.2, 0.25) is 5.91 Å². The lowest BCUT2D eigenvalue weighted by atomic mass is 10.3. The van der Waals surface area contributed by atoms with E-state index >= 15 is 0 Å². The molecular weight excluding hydrogens is 236 g/mol. The Morgan fingerprint density at radius 2 is 2.20 bits per heavy atom. The molecule has 1 atom stereocenters. The van der Waals surface area contributed by atoms with Gasteiger partial charge < -0.3 is 15.8 Å². The van der Waals surface area contributed by atoms with Crippen molar-refractivity contribution < 1.29 is 14.3 Å². The van der Waals surface area contributed by atoms with E-state index in [4.69, 9.17) is 10.5 Å². The van der Waals surface area contributed by atoms with Crippen LogP contribution < -0.4 is 11.1 Å². The summed E-state index contributed by atoms with van der Waals surface area (Å²) in [7, 11) is 0. The Balaban J connectivity index is 3.25. The molecule has 0 saturated heterocycles. The van der Waals surface area contributed by atoms with E-state index in [0.29, 0.717) is 18.2 Å². The lowest BCUT2D eigenvalue weighted by Gasteiger charge is -2.07. The van der Waals surface area contributed by atoms with Crippen molar-refractivity contribution in [2.24, 2.45) is 5.73 Å². The predicted octanol–water partition coefficient (Wildman–Crippen LogP) is 0.640. The molecule has 0 aromatic heterocycles. The van der Waals surface area contributed by atoms with Crippen LogP contribution in [0, 0.1) is 0 Å². The van der Waals surface area contributed by atoms with Gasteiger partial charge >= 0.3 is 5.30 Å². The van der Waals surface area contributed by atoms with E-state index in [1.165, 1.54) is 11.8 Å². The van der Waals surface area contributed by atoms with Crippen LogP contribution in [0.15, 0.2) is 0 Å². The fourth-order valence-electron chi connectivity index (χ4n) is 0.598. The van der Waals surface area contributed by atoms with E-state index in [9.17, 15) is 9.59 Å². The van der Waals surface area contributed by atoms with E-state index in [1.807, 2.05) is 0 Å². The molecule has 0 aliphatic rings. The van der Waals surface area contributed by atoms with Gasteiger partial charge in [0.25, 0.3) is 0 Å². The number of ether oxygens (including phenoxy) is 1. The summed E-state index contributed by atoms with van der Waals surface area (Å²) < 4.78 is 4.81. The van der Waals surface area contributed by atoms with Crippen LogP contribution in [0.25, 0.3) is 0 Å². The zero-order valence-electron chi connectivity index (χ0n) is 8.82. The first kappa shape index (κ1) is 14.6. The molecule has 0 radical (unpaired) electrons. The molecule has 1 amide bonds. The van der Waals surface area contributed by atoms with E-state index in [-0.39, 0.29) is 11.2 Å². The molecule has 0 spiro atoms. The van der Waals surface area contributed by atoms with Crippen LogP contribution >= 0.6 is 23.5 Å². The fourth-order valence-corrected chi connectivity index (χ4v) is 1.39. The minimum absolute atomic E-state index is 0.177. The summed E-state index contributed by atoms with van der Waals surface area (Å²) >= 11 is 2.52. The van der Waals surface area contributed by atoms with E-state index in [0.717, 1.165) is 11.8 Å². The first-order chi connectivity index (χ1) is 7.07. The smallest absolute Gasteiger partial charge is 0.367 e. The van der Waals surface area contributed by atoms with Crippen LogP contribution in [0.4, 0.5) is 4.79 Å². The van der Waals surface area contributed by atoms with Crippen molar-refractivity contribution in [1.82, 2.24) is 5.32 Å². The van der Waals surface area contributed by atoms with Gasteiger partial charge in [0.15, 0.2) is 0 Å². The highest BCUT2D eigenvalue weighted by molar-refractivity contribution is 8.12. The van der Waals surface area contributed by atoms with Crippen molar-refractivity contribution in [1.29, 1.82) is 0 Å². The average Bonchev–Trinajstić information content (AvgIpc) is 2.22. The number of nitrogens with two attached hydrogens (primary N) is 1. The van der Waals surface area contributed by atoms with Crippen LogP contribution in [0.2, 0.25) is 0 Å². The topological polar surface area (TPSA) is 81.4 Å². The van der Waals surface area contributed by atoms with E-state index < -0.39 is 6.04 Å². The Morgan fingerprint density at radius 3 is 2.73 bits per heavy atom. The number of hydrogen-bond acceptors (Lipinski definition) is 6. The number of carbonyl (C=O) groups is 2. The van der Waals surface area contributed by atoms with Crippen molar-refractivity contribution in [2.75, 3.05) is 24.5 Å². The van der Waals surface area contributed by atoms with Crippen molar-refractivity contribution in [3.8, 4) is 0 Å². The lowest BCUT2D eigenvalue weighted by molar-refractivity contribution is -0.121. The van der Waals surface area contributed by atoms with Gasteiger partial charge in [0.1, 0.15) is 6.61 Å². The van der Waals surface area contributed by atoms with Crippen molar-refractivity contribution >= 4 is 34.7 Å². The molecule has 0 unspecified atom stereocenters. The molecule has 15 heavy (non-hydrogen) atoms. The van der Waals surface area contributed by atoms with Gasteiger partial charge in [-0.2, -0.15) is 0 Å². The Hall–Kier alpha value is -0.400. The molecule has 5 nitrogen and oxygen atoms in total. The standard InChI is InChI=1S/C8H16N2O3S2/c1-6(9)7(11)10-5-15-4-3-13-8(12)14-2/h6H,3-5,9H2,1-2H3,(H,10,11)/t6-/m0/s1. The predicted molar refractivity (Wildman–Crippen MR) is 64.0 cm³/mol. The first-order valence-electron chi connectivity index (χ1n) is 4.39. The second-order valence-electron chi connectivity index (χ2n) is 2.68. The van der Waals surface area contributed by atoms with Gasteiger partial charge in [-0.3, -0.25) is 4.79 Å².